The molecule has 0 fully saturated rings. The Kier molecular flexibility index (Phi) is 4.02. The van der Waals surface area contributed by atoms with Gasteiger partial charge in [-0.15, -0.1) is 11.3 Å². The van der Waals surface area contributed by atoms with E-state index in [4.69, 9.17) is 11.0 Å². The lowest BCUT2D eigenvalue weighted by Gasteiger charge is -1.99. The normalized spacial score (nSPS) is 9.65. The summed E-state index contributed by atoms with van der Waals surface area (Å²) >= 11 is 0.966. The van der Waals surface area contributed by atoms with Crippen LogP contribution in [0.15, 0.2) is 6.07 Å². The highest BCUT2D eigenvalue weighted by Crippen LogP contribution is 2.37. The van der Waals surface area contributed by atoms with Crippen molar-refractivity contribution in [1.29, 1.82) is 5.26 Å². The molecule has 2 N–H and O–H groups in total. The molecule has 0 radical (unpaired) electrons. The van der Waals surface area contributed by atoms with E-state index in [1.807, 2.05) is 19.9 Å². The molecule has 2 nitrogen and oxygen atoms in total. The zero-order chi connectivity index (χ0) is 13.2. The zero-order valence-electron chi connectivity index (χ0n) is 9.77. The summed E-state index contributed by atoms with van der Waals surface area (Å²) < 4.78 is 26.9. The number of fused-ring (bicyclic) bond motifs is 1. The van der Waals surface area contributed by atoms with Crippen LogP contribution in [0, 0.1) is 29.9 Å². The third-order valence-corrected chi connectivity index (χ3v) is 3.28. The summed E-state index contributed by atoms with van der Waals surface area (Å²) in [7, 11) is 0. The summed E-state index contributed by atoms with van der Waals surface area (Å²) in [6, 6.07) is 2.68. The van der Waals surface area contributed by atoms with E-state index in [0.29, 0.717) is 0 Å². The van der Waals surface area contributed by atoms with Gasteiger partial charge in [0.25, 0.3) is 0 Å². The van der Waals surface area contributed by atoms with E-state index in [0.717, 1.165) is 17.4 Å². The van der Waals surface area contributed by atoms with Gasteiger partial charge in [0.15, 0.2) is 0 Å². The van der Waals surface area contributed by atoms with E-state index in [1.165, 1.54) is 6.92 Å². The van der Waals surface area contributed by atoms with Crippen molar-refractivity contribution in [3.05, 3.63) is 28.8 Å². The standard InChI is InChI=1S/C10H6F2N2S.C2H6/c1-4-6(11)2-7(12)9-8(4)5(3-13)10(14)15-9;1-2/h2H,14H2,1H3;1-2H3. The highest BCUT2D eigenvalue weighted by molar-refractivity contribution is 7.23. The lowest BCUT2D eigenvalue weighted by atomic mass is 10.1. The third-order valence-electron chi connectivity index (χ3n) is 2.25. The van der Waals surface area contributed by atoms with Crippen molar-refractivity contribution in [2.75, 3.05) is 5.73 Å². The van der Waals surface area contributed by atoms with E-state index in [9.17, 15) is 8.78 Å². The topological polar surface area (TPSA) is 49.8 Å². The quantitative estimate of drug-likeness (QED) is 0.773. The molecule has 5 heteroatoms. The average Bonchev–Trinajstić information content (AvgIpc) is 2.66. The van der Waals surface area contributed by atoms with Crippen LogP contribution >= 0.6 is 11.3 Å². The van der Waals surface area contributed by atoms with Gasteiger partial charge < -0.3 is 5.73 Å². The van der Waals surface area contributed by atoms with Crippen molar-refractivity contribution >= 4 is 26.4 Å². The molecule has 0 bridgehead atoms. The zero-order valence-corrected chi connectivity index (χ0v) is 10.6. The summed E-state index contributed by atoms with van der Waals surface area (Å²) in [4.78, 5) is 0. The molecule has 1 heterocycles. The van der Waals surface area contributed by atoms with E-state index in [1.54, 1.807) is 0 Å². The van der Waals surface area contributed by atoms with Crippen molar-refractivity contribution in [3.63, 3.8) is 0 Å². The van der Waals surface area contributed by atoms with Crippen molar-refractivity contribution in [2.24, 2.45) is 0 Å². The second-order valence-corrected chi connectivity index (χ2v) is 4.17. The molecular formula is C12H12F2N2S. The molecular weight excluding hydrogens is 242 g/mol. The number of nitrogens with two attached hydrogens (primary N) is 1. The van der Waals surface area contributed by atoms with Gasteiger partial charge in [0.1, 0.15) is 22.7 Å². The Bertz CT molecular complexity index is 597. The van der Waals surface area contributed by atoms with Crippen molar-refractivity contribution in [2.45, 2.75) is 20.8 Å². The lowest BCUT2D eigenvalue weighted by Crippen LogP contribution is -1.89. The van der Waals surface area contributed by atoms with Crippen LogP contribution in [0.25, 0.3) is 10.1 Å². The number of benzene rings is 1. The number of hydrogen-bond donors (Lipinski definition) is 1. The van der Waals surface area contributed by atoms with Crippen LogP contribution in [0.3, 0.4) is 0 Å². The monoisotopic (exact) mass is 254 g/mol. The number of aryl methyl sites for hydroxylation is 1. The molecule has 17 heavy (non-hydrogen) atoms. The summed E-state index contributed by atoms with van der Waals surface area (Å²) in [5.74, 6) is -1.33. The van der Waals surface area contributed by atoms with Crippen LogP contribution in [-0.4, -0.2) is 0 Å². The van der Waals surface area contributed by atoms with Gasteiger partial charge >= 0.3 is 0 Å². The Labute approximate surface area is 102 Å². The molecule has 0 aliphatic heterocycles. The first-order chi connectivity index (χ1) is 8.06. The maximum absolute atomic E-state index is 13.4. The fraction of sp³-hybridized carbons (Fsp3) is 0.250. The van der Waals surface area contributed by atoms with E-state index >= 15 is 0 Å². The fourth-order valence-corrected chi connectivity index (χ4v) is 2.47. The third kappa shape index (κ3) is 2.08. The second kappa shape index (κ2) is 5.11. The van der Waals surface area contributed by atoms with Crippen LogP contribution in [-0.2, 0) is 0 Å². The van der Waals surface area contributed by atoms with Gasteiger partial charge in [0.05, 0.1) is 10.3 Å². The minimum atomic E-state index is -0.675. The first kappa shape index (κ1) is 13.4. The largest absolute Gasteiger partial charge is 0.389 e. The highest BCUT2D eigenvalue weighted by Gasteiger charge is 2.17. The van der Waals surface area contributed by atoms with Crippen molar-refractivity contribution < 1.29 is 8.78 Å². The molecule has 0 aliphatic carbocycles. The molecule has 90 valence electrons. The molecule has 0 saturated heterocycles. The Morgan fingerprint density at radius 1 is 1.29 bits per heavy atom. The van der Waals surface area contributed by atoms with Gasteiger partial charge in [0, 0.05) is 11.5 Å². The van der Waals surface area contributed by atoms with Gasteiger partial charge in [-0.1, -0.05) is 13.8 Å². The van der Waals surface area contributed by atoms with Crippen LogP contribution in [0.2, 0.25) is 0 Å². The molecule has 2 rings (SSSR count). The maximum Gasteiger partial charge on any atom is 0.144 e. The Balaban J connectivity index is 0.000000686. The molecule has 0 amide bonds. The summed E-state index contributed by atoms with van der Waals surface area (Å²) in [5.41, 5.74) is 5.98. The van der Waals surface area contributed by atoms with Crippen LogP contribution in [0.5, 0.6) is 0 Å². The predicted octanol–water partition coefficient (Wildman–Crippen LogP) is 3.97. The number of thiophene rings is 1. The molecule has 0 saturated carbocycles. The molecule has 1 aromatic carbocycles. The molecule has 1 aromatic heterocycles. The van der Waals surface area contributed by atoms with E-state index in [2.05, 4.69) is 0 Å². The minimum absolute atomic E-state index is 0.158. The Morgan fingerprint density at radius 2 is 1.88 bits per heavy atom. The minimum Gasteiger partial charge on any atom is -0.389 e. The number of nitrogen functional groups attached to an aromatic ring is 1. The van der Waals surface area contributed by atoms with Crippen molar-refractivity contribution in [3.8, 4) is 6.07 Å². The van der Waals surface area contributed by atoms with E-state index < -0.39 is 11.6 Å². The van der Waals surface area contributed by atoms with Crippen LogP contribution in [0.1, 0.15) is 25.0 Å². The smallest absolute Gasteiger partial charge is 0.144 e. The molecule has 0 atom stereocenters. The summed E-state index contributed by atoms with van der Waals surface area (Å²) in [6.45, 7) is 5.50. The van der Waals surface area contributed by atoms with Gasteiger partial charge in [-0.25, -0.2) is 8.78 Å². The number of hydrogen-bond acceptors (Lipinski definition) is 3. The first-order valence-electron chi connectivity index (χ1n) is 5.13. The lowest BCUT2D eigenvalue weighted by molar-refractivity contribution is 0.587. The molecule has 0 spiro atoms. The van der Waals surface area contributed by atoms with E-state index in [-0.39, 0.29) is 26.2 Å². The van der Waals surface area contributed by atoms with Crippen LogP contribution in [0.4, 0.5) is 13.8 Å². The number of nitriles is 1. The average molecular weight is 254 g/mol. The maximum atomic E-state index is 13.4. The van der Waals surface area contributed by atoms with Gasteiger partial charge in [0.2, 0.25) is 0 Å². The summed E-state index contributed by atoms with van der Waals surface area (Å²) in [5, 5.41) is 9.36. The predicted molar refractivity (Wildman–Crippen MR) is 67.0 cm³/mol. The molecule has 0 unspecified atom stereocenters. The number of rotatable bonds is 0. The first-order valence-corrected chi connectivity index (χ1v) is 5.94. The van der Waals surface area contributed by atoms with Crippen molar-refractivity contribution in [1.82, 2.24) is 0 Å². The summed E-state index contributed by atoms with van der Waals surface area (Å²) in [6.07, 6.45) is 0. The highest BCUT2D eigenvalue weighted by atomic mass is 32.1. The molecule has 0 aliphatic rings. The van der Waals surface area contributed by atoms with Gasteiger partial charge in [-0.3, -0.25) is 0 Å². The Morgan fingerprint density at radius 3 is 2.41 bits per heavy atom. The number of anilines is 1. The number of halogens is 2. The Hall–Kier alpha value is -1.67. The van der Waals surface area contributed by atoms with Gasteiger partial charge in [-0.2, -0.15) is 5.26 Å². The molecule has 2 aromatic rings. The van der Waals surface area contributed by atoms with Gasteiger partial charge in [-0.05, 0) is 12.5 Å². The second-order valence-electron chi connectivity index (χ2n) is 3.12. The SMILES string of the molecule is CC.Cc1c(F)cc(F)c2sc(N)c(C#N)c12. The van der Waals surface area contributed by atoms with Crippen LogP contribution < -0.4 is 5.73 Å². The fourth-order valence-electron chi connectivity index (χ4n) is 1.49. The number of nitrogens with zero attached hydrogens (tertiary/aromatic N) is 1.